The highest BCUT2D eigenvalue weighted by atomic mass is 16.5. The van der Waals surface area contributed by atoms with Crippen LogP contribution in [0.25, 0.3) is 0 Å². The van der Waals surface area contributed by atoms with Gasteiger partial charge >= 0.3 is 0 Å². The fraction of sp³-hybridized carbons (Fsp3) is 0.640. The van der Waals surface area contributed by atoms with Crippen molar-refractivity contribution >= 4 is 11.8 Å². The molecule has 1 saturated carbocycles. The Hall–Kier alpha value is -2.59. The van der Waals surface area contributed by atoms with Crippen molar-refractivity contribution in [3.05, 3.63) is 29.8 Å². The summed E-state index contributed by atoms with van der Waals surface area (Å²) in [5.41, 5.74) is 0.475. The number of hydrogen-bond acceptors (Lipinski definition) is 5. The highest BCUT2D eigenvalue weighted by Crippen LogP contribution is 2.32. The van der Waals surface area contributed by atoms with Crippen molar-refractivity contribution in [3.8, 4) is 11.8 Å². The third-order valence-corrected chi connectivity index (χ3v) is 6.99. The molecule has 0 spiro atoms. The van der Waals surface area contributed by atoms with E-state index in [1.54, 1.807) is 19.1 Å². The molecule has 0 bridgehead atoms. The van der Waals surface area contributed by atoms with Crippen LogP contribution >= 0.6 is 0 Å². The third-order valence-electron chi connectivity index (χ3n) is 6.99. The average molecular weight is 441 g/mol. The fourth-order valence-corrected chi connectivity index (χ4v) is 4.77. The van der Waals surface area contributed by atoms with Gasteiger partial charge in [-0.05, 0) is 43.4 Å². The van der Waals surface area contributed by atoms with Gasteiger partial charge in [-0.1, -0.05) is 31.4 Å². The number of benzene rings is 1. The Labute approximate surface area is 191 Å². The van der Waals surface area contributed by atoms with Gasteiger partial charge < -0.3 is 14.5 Å². The smallest absolute Gasteiger partial charge is 0.237 e. The monoisotopic (exact) mass is 440 g/mol. The van der Waals surface area contributed by atoms with Gasteiger partial charge in [-0.25, -0.2) is 0 Å². The molecule has 7 nitrogen and oxygen atoms in total. The minimum absolute atomic E-state index is 0.00716. The van der Waals surface area contributed by atoms with Crippen LogP contribution in [0.2, 0.25) is 0 Å². The minimum atomic E-state index is -0.648. The fourth-order valence-electron chi connectivity index (χ4n) is 4.77. The van der Waals surface area contributed by atoms with Crippen LogP contribution in [0.5, 0.6) is 5.75 Å². The molecule has 174 valence electrons. The largest absolute Gasteiger partial charge is 0.497 e. The Morgan fingerprint density at radius 3 is 2.44 bits per heavy atom. The first kappa shape index (κ1) is 24.1. The van der Waals surface area contributed by atoms with Crippen molar-refractivity contribution < 1.29 is 14.3 Å². The van der Waals surface area contributed by atoms with Gasteiger partial charge in [0.2, 0.25) is 11.8 Å². The second kappa shape index (κ2) is 11.3. The average Bonchev–Trinajstić information content (AvgIpc) is 3.08. The number of aryl methyl sites for hydroxylation is 1. The van der Waals surface area contributed by atoms with E-state index >= 15 is 0 Å². The van der Waals surface area contributed by atoms with Gasteiger partial charge in [0, 0.05) is 39.6 Å². The maximum absolute atomic E-state index is 13.0. The number of carbonyl (C=O) groups excluding carboxylic acids is 2. The molecule has 1 aromatic carbocycles. The molecule has 0 atom stereocenters. The summed E-state index contributed by atoms with van der Waals surface area (Å²) in [5.74, 6) is 0.988. The Morgan fingerprint density at radius 2 is 1.78 bits per heavy atom. The van der Waals surface area contributed by atoms with Crippen LogP contribution in [0.1, 0.15) is 50.5 Å². The molecule has 3 rings (SSSR count). The van der Waals surface area contributed by atoms with E-state index in [2.05, 4.69) is 11.0 Å². The molecule has 1 aliphatic carbocycles. The molecular formula is C25H36N4O3. The van der Waals surface area contributed by atoms with Gasteiger partial charge in [-0.15, -0.1) is 0 Å². The quantitative estimate of drug-likeness (QED) is 0.652. The first-order chi connectivity index (χ1) is 15.5. The van der Waals surface area contributed by atoms with Crippen LogP contribution in [-0.4, -0.2) is 78.9 Å². The van der Waals surface area contributed by atoms with Crippen molar-refractivity contribution in [2.75, 3.05) is 46.9 Å². The molecule has 32 heavy (non-hydrogen) atoms. The van der Waals surface area contributed by atoms with Gasteiger partial charge in [0.05, 0.1) is 19.7 Å². The molecule has 1 aromatic rings. The van der Waals surface area contributed by atoms with Crippen molar-refractivity contribution in [3.63, 3.8) is 0 Å². The van der Waals surface area contributed by atoms with E-state index in [0.29, 0.717) is 32.5 Å². The number of amides is 2. The van der Waals surface area contributed by atoms with Gasteiger partial charge in [0.15, 0.2) is 0 Å². The standard InChI is InChI=1S/C25H36N4O3/c1-27(25(20-26)13-4-3-5-14-25)24(31)19-28-15-6-16-29(18-17-28)23(30)12-9-21-7-10-22(32-2)11-8-21/h7-8,10-11H,3-6,9,12-19H2,1-2H3. The van der Waals surface area contributed by atoms with Crippen LogP contribution in [0, 0.1) is 11.3 Å². The first-order valence-corrected chi connectivity index (χ1v) is 11.8. The van der Waals surface area contributed by atoms with E-state index < -0.39 is 5.54 Å². The lowest BCUT2D eigenvalue weighted by Crippen LogP contribution is -2.52. The molecule has 1 saturated heterocycles. The lowest BCUT2D eigenvalue weighted by Gasteiger charge is -2.39. The van der Waals surface area contributed by atoms with Crippen molar-refractivity contribution in [1.82, 2.24) is 14.7 Å². The van der Waals surface area contributed by atoms with Crippen molar-refractivity contribution in [1.29, 1.82) is 5.26 Å². The predicted molar refractivity (Wildman–Crippen MR) is 123 cm³/mol. The van der Waals surface area contributed by atoms with Crippen LogP contribution in [0.3, 0.4) is 0 Å². The second-order valence-electron chi connectivity index (χ2n) is 9.02. The molecule has 1 heterocycles. The Balaban J connectivity index is 1.47. The van der Waals surface area contributed by atoms with E-state index in [1.165, 1.54) is 0 Å². The summed E-state index contributed by atoms with van der Waals surface area (Å²) < 4.78 is 5.18. The molecule has 2 amide bonds. The highest BCUT2D eigenvalue weighted by Gasteiger charge is 2.39. The van der Waals surface area contributed by atoms with Crippen molar-refractivity contribution in [2.24, 2.45) is 0 Å². The molecule has 2 fully saturated rings. The van der Waals surface area contributed by atoms with Gasteiger partial charge in [-0.2, -0.15) is 5.26 Å². The third kappa shape index (κ3) is 6.01. The van der Waals surface area contributed by atoms with E-state index in [0.717, 1.165) is 62.9 Å². The van der Waals surface area contributed by atoms with Crippen LogP contribution in [-0.2, 0) is 16.0 Å². The molecule has 0 radical (unpaired) electrons. The lowest BCUT2D eigenvalue weighted by atomic mass is 9.81. The summed E-state index contributed by atoms with van der Waals surface area (Å²) in [4.78, 5) is 31.4. The minimum Gasteiger partial charge on any atom is -0.497 e. The molecule has 0 unspecified atom stereocenters. The van der Waals surface area contributed by atoms with E-state index in [9.17, 15) is 14.9 Å². The predicted octanol–water partition coefficient (Wildman–Crippen LogP) is 2.85. The van der Waals surface area contributed by atoms with Gasteiger partial charge in [0.1, 0.15) is 11.3 Å². The topological polar surface area (TPSA) is 76.9 Å². The normalized spacial score (nSPS) is 19.0. The number of ether oxygens (including phenoxy) is 1. The summed E-state index contributed by atoms with van der Waals surface area (Å²) >= 11 is 0. The van der Waals surface area contributed by atoms with Gasteiger partial charge in [0.25, 0.3) is 0 Å². The summed E-state index contributed by atoms with van der Waals surface area (Å²) in [6.45, 7) is 3.16. The van der Waals surface area contributed by atoms with E-state index in [-0.39, 0.29) is 11.8 Å². The Bertz CT molecular complexity index is 811. The number of nitriles is 1. The molecule has 0 aromatic heterocycles. The zero-order chi connectivity index (χ0) is 23.0. The van der Waals surface area contributed by atoms with Crippen LogP contribution < -0.4 is 4.74 Å². The summed E-state index contributed by atoms with van der Waals surface area (Å²) in [5, 5.41) is 9.76. The maximum atomic E-state index is 13.0. The number of methoxy groups -OCH3 is 1. The number of nitrogens with zero attached hydrogens (tertiary/aromatic N) is 4. The Morgan fingerprint density at radius 1 is 1.06 bits per heavy atom. The number of rotatable bonds is 7. The summed E-state index contributed by atoms with van der Waals surface area (Å²) in [6, 6.07) is 10.3. The van der Waals surface area contributed by atoms with Gasteiger partial charge in [-0.3, -0.25) is 14.5 Å². The highest BCUT2D eigenvalue weighted by molar-refractivity contribution is 5.79. The summed E-state index contributed by atoms with van der Waals surface area (Å²) in [6.07, 6.45) is 6.73. The van der Waals surface area contributed by atoms with Crippen LogP contribution in [0.15, 0.2) is 24.3 Å². The zero-order valence-corrected chi connectivity index (χ0v) is 19.5. The lowest BCUT2D eigenvalue weighted by molar-refractivity contribution is -0.136. The molecule has 7 heteroatoms. The molecule has 0 N–H and O–H groups in total. The summed E-state index contributed by atoms with van der Waals surface area (Å²) in [7, 11) is 3.42. The molecular weight excluding hydrogens is 404 g/mol. The van der Waals surface area contributed by atoms with Crippen LogP contribution in [0.4, 0.5) is 0 Å². The number of likely N-dealkylation sites (N-methyl/N-ethyl adjacent to an activating group) is 1. The first-order valence-electron chi connectivity index (χ1n) is 11.8. The zero-order valence-electron chi connectivity index (χ0n) is 19.5. The number of carbonyl (C=O) groups is 2. The van der Waals surface area contributed by atoms with Crippen molar-refractivity contribution in [2.45, 2.75) is 56.9 Å². The molecule has 1 aliphatic heterocycles. The maximum Gasteiger partial charge on any atom is 0.237 e. The molecule has 2 aliphatic rings. The Kier molecular flexibility index (Phi) is 8.52. The SMILES string of the molecule is COc1ccc(CCC(=O)N2CCCN(CC(=O)N(C)C3(C#N)CCCCC3)CC2)cc1. The van der Waals surface area contributed by atoms with E-state index in [1.807, 2.05) is 29.2 Å². The second-order valence-corrected chi connectivity index (χ2v) is 9.02. The number of hydrogen-bond donors (Lipinski definition) is 0. The van der Waals surface area contributed by atoms with E-state index in [4.69, 9.17) is 4.74 Å².